The smallest absolute Gasteiger partial charge is 0.0113 e. The molecule has 0 bridgehead atoms. The first-order valence-corrected chi connectivity index (χ1v) is 9.37. The maximum absolute atomic E-state index is 6.19. The lowest BCUT2D eigenvalue weighted by atomic mass is 9.70. The average Bonchev–Trinajstić information content (AvgIpc) is 3.05. The fourth-order valence-corrected chi connectivity index (χ4v) is 4.83. The van der Waals surface area contributed by atoms with Gasteiger partial charge in [-0.1, -0.05) is 32.6 Å². The van der Waals surface area contributed by atoms with E-state index in [0.717, 1.165) is 18.5 Å². The summed E-state index contributed by atoms with van der Waals surface area (Å²) in [6.45, 7) is 9.68. The van der Waals surface area contributed by atoms with Crippen molar-refractivity contribution in [2.45, 2.75) is 64.3 Å². The molecule has 0 amide bonds. The van der Waals surface area contributed by atoms with Crippen LogP contribution in [0.25, 0.3) is 0 Å². The van der Waals surface area contributed by atoms with Gasteiger partial charge in [0.2, 0.25) is 0 Å². The Balaban J connectivity index is 1.47. The van der Waals surface area contributed by atoms with Crippen LogP contribution in [-0.4, -0.2) is 55.1 Å². The fraction of sp³-hybridized carbons (Fsp3) is 1.00. The summed E-state index contributed by atoms with van der Waals surface area (Å²) in [6.07, 6.45) is 11.3. The van der Waals surface area contributed by atoms with E-state index < -0.39 is 0 Å². The summed E-state index contributed by atoms with van der Waals surface area (Å²) in [5.74, 6) is 0.920. The molecule has 0 spiro atoms. The molecule has 1 aliphatic heterocycles. The number of nitrogens with two attached hydrogens (primary N) is 1. The van der Waals surface area contributed by atoms with Gasteiger partial charge in [-0.2, -0.15) is 0 Å². The molecule has 2 N–H and O–H groups in total. The highest BCUT2D eigenvalue weighted by Gasteiger charge is 2.36. The lowest BCUT2D eigenvalue weighted by Gasteiger charge is -2.45. The van der Waals surface area contributed by atoms with Crippen molar-refractivity contribution in [3.8, 4) is 0 Å². The molecule has 0 unspecified atom stereocenters. The van der Waals surface area contributed by atoms with Crippen LogP contribution in [-0.2, 0) is 0 Å². The van der Waals surface area contributed by atoms with E-state index >= 15 is 0 Å². The van der Waals surface area contributed by atoms with E-state index in [-0.39, 0.29) is 0 Å². The number of piperazine rings is 1. The Morgan fingerprint density at radius 1 is 0.952 bits per heavy atom. The highest BCUT2D eigenvalue weighted by molar-refractivity contribution is 4.90. The molecule has 3 nitrogen and oxygen atoms in total. The Bertz CT molecular complexity index is 308. The van der Waals surface area contributed by atoms with Crippen LogP contribution in [0, 0.1) is 11.3 Å². The van der Waals surface area contributed by atoms with E-state index in [0.29, 0.717) is 5.41 Å². The third kappa shape index (κ3) is 3.80. The van der Waals surface area contributed by atoms with E-state index in [1.54, 1.807) is 0 Å². The Kier molecular flexibility index (Phi) is 5.23. The molecule has 1 heterocycles. The van der Waals surface area contributed by atoms with Crippen LogP contribution >= 0.6 is 0 Å². The normalized spacial score (nSPS) is 37.1. The second-order valence-electron chi connectivity index (χ2n) is 8.14. The van der Waals surface area contributed by atoms with Crippen LogP contribution in [0.1, 0.15) is 58.3 Å². The van der Waals surface area contributed by atoms with E-state index in [1.165, 1.54) is 84.1 Å². The first kappa shape index (κ1) is 15.8. The zero-order valence-corrected chi connectivity index (χ0v) is 14.0. The van der Waals surface area contributed by atoms with Crippen molar-refractivity contribution in [3.05, 3.63) is 0 Å². The van der Waals surface area contributed by atoms with E-state index in [9.17, 15) is 0 Å². The maximum atomic E-state index is 6.19. The zero-order valence-electron chi connectivity index (χ0n) is 14.0. The van der Waals surface area contributed by atoms with Gasteiger partial charge in [0.15, 0.2) is 0 Å². The van der Waals surface area contributed by atoms with Crippen molar-refractivity contribution >= 4 is 0 Å². The minimum atomic E-state index is 0.433. The van der Waals surface area contributed by atoms with Crippen LogP contribution in [0.15, 0.2) is 0 Å². The lowest BCUT2D eigenvalue weighted by molar-refractivity contribution is 0.0453. The van der Waals surface area contributed by atoms with Crippen molar-refractivity contribution in [2.75, 3.05) is 39.3 Å². The second kappa shape index (κ2) is 6.97. The van der Waals surface area contributed by atoms with Gasteiger partial charge in [-0.15, -0.1) is 0 Å². The third-order valence-corrected chi connectivity index (χ3v) is 6.57. The molecule has 0 aromatic heterocycles. The predicted molar refractivity (Wildman–Crippen MR) is 89.4 cm³/mol. The molecule has 0 atom stereocenters. The predicted octanol–water partition coefficient (Wildman–Crippen LogP) is 2.70. The first-order valence-electron chi connectivity index (χ1n) is 9.37. The Labute approximate surface area is 131 Å². The number of rotatable bonds is 4. The minimum absolute atomic E-state index is 0.433. The molecule has 3 fully saturated rings. The van der Waals surface area contributed by atoms with Gasteiger partial charge in [0.25, 0.3) is 0 Å². The van der Waals surface area contributed by atoms with Gasteiger partial charge in [-0.05, 0) is 43.6 Å². The molecule has 21 heavy (non-hydrogen) atoms. The topological polar surface area (TPSA) is 32.5 Å². The number of hydrogen-bond donors (Lipinski definition) is 1. The molecule has 0 aromatic rings. The number of hydrogen-bond acceptors (Lipinski definition) is 3. The molecule has 2 aliphatic carbocycles. The van der Waals surface area contributed by atoms with E-state index in [1.807, 2.05) is 0 Å². The summed E-state index contributed by atoms with van der Waals surface area (Å²) >= 11 is 0. The summed E-state index contributed by atoms with van der Waals surface area (Å²) in [5.41, 5.74) is 6.62. The van der Waals surface area contributed by atoms with Crippen molar-refractivity contribution in [3.63, 3.8) is 0 Å². The van der Waals surface area contributed by atoms with Crippen molar-refractivity contribution in [1.29, 1.82) is 0 Å². The van der Waals surface area contributed by atoms with Gasteiger partial charge in [0, 0.05) is 38.8 Å². The third-order valence-electron chi connectivity index (χ3n) is 6.57. The maximum Gasteiger partial charge on any atom is 0.0113 e. The monoisotopic (exact) mass is 293 g/mol. The zero-order chi connectivity index (χ0) is 14.7. The molecule has 122 valence electrons. The summed E-state index contributed by atoms with van der Waals surface area (Å²) < 4.78 is 0. The molecule has 3 aliphatic rings. The first-order chi connectivity index (χ1) is 10.2. The van der Waals surface area contributed by atoms with Gasteiger partial charge >= 0.3 is 0 Å². The average molecular weight is 293 g/mol. The summed E-state index contributed by atoms with van der Waals surface area (Å²) in [5, 5.41) is 0. The Hall–Kier alpha value is -0.120. The fourth-order valence-electron chi connectivity index (χ4n) is 4.83. The van der Waals surface area contributed by atoms with E-state index in [2.05, 4.69) is 16.7 Å². The standard InChI is InChI=1S/C18H35N3/c1-16-6-8-18(14-19,9-7-16)15-20-10-12-21(13-11-20)17-4-2-3-5-17/h16-17H,2-15,19H2,1H3. The lowest BCUT2D eigenvalue weighted by Crippen LogP contribution is -2.53. The molecular formula is C18H35N3. The molecular weight excluding hydrogens is 258 g/mol. The SMILES string of the molecule is CC1CCC(CN)(CN2CCN(C3CCCC3)CC2)CC1. The van der Waals surface area contributed by atoms with Crippen LogP contribution in [0.2, 0.25) is 0 Å². The van der Waals surface area contributed by atoms with Crippen molar-refractivity contribution in [2.24, 2.45) is 17.1 Å². The highest BCUT2D eigenvalue weighted by Crippen LogP contribution is 2.39. The van der Waals surface area contributed by atoms with Crippen LogP contribution in [0.5, 0.6) is 0 Å². The quantitative estimate of drug-likeness (QED) is 0.865. The van der Waals surface area contributed by atoms with Gasteiger partial charge in [0.05, 0.1) is 0 Å². The summed E-state index contributed by atoms with van der Waals surface area (Å²) in [4.78, 5) is 5.48. The van der Waals surface area contributed by atoms with Gasteiger partial charge in [-0.25, -0.2) is 0 Å². The molecule has 2 saturated carbocycles. The summed E-state index contributed by atoms with van der Waals surface area (Å²) in [7, 11) is 0. The largest absolute Gasteiger partial charge is 0.330 e. The minimum Gasteiger partial charge on any atom is -0.330 e. The van der Waals surface area contributed by atoms with Gasteiger partial charge < -0.3 is 10.6 Å². The van der Waals surface area contributed by atoms with Crippen molar-refractivity contribution in [1.82, 2.24) is 9.80 Å². The molecule has 0 aromatic carbocycles. The Morgan fingerprint density at radius 2 is 1.57 bits per heavy atom. The van der Waals surface area contributed by atoms with Crippen molar-refractivity contribution < 1.29 is 0 Å². The summed E-state index contributed by atoms with van der Waals surface area (Å²) in [6, 6.07) is 0.908. The van der Waals surface area contributed by atoms with Gasteiger partial charge in [0.1, 0.15) is 0 Å². The molecule has 1 saturated heterocycles. The number of nitrogens with zero attached hydrogens (tertiary/aromatic N) is 2. The Morgan fingerprint density at radius 3 is 2.14 bits per heavy atom. The van der Waals surface area contributed by atoms with E-state index in [4.69, 9.17) is 5.73 Å². The second-order valence-corrected chi connectivity index (χ2v) is 8.14. The van der Waals surface area contributed by atoms with Crippen LogP contribution in [0.4, 0.5) is 0 Å². The van der Waals surface area contributed by atoms with Crippen LogP contribution < -0.4 is 5.73 Å². The molecule has 3 rings (SSSR count). The van der Waals surface area contributed by atoms with Gasteiger partial charge in [-0.3, -0.25) is 4.90 Å². The van der Waals surface area contributed by atoms with Crippen LogP contribution in [0.3, 0.4) is 0 Å². The molecule has 0 radical (unpaired) electrons. The molecule has 3 heteroatoms. The highest BCUT2D eigenvalue weighted by atomic mass is 15.3.